The van der Waals surface area contributed by atoms with Crippen LogP contribution in [0.5, 0.6) is 11.5 Å². The Morgan fingerprint density at radius 1 is 1.39 bits per heavy atom. The molecule has 2 heterocycles. The zero-order valence-electron chi connectivity index (χ0n) is 13.4. The van der Waals surface area contributed by atoms with Crippen molar-refractivity contribution in [2.24, 2.45) is 0 Å². The maximum Gasteiger partial charge on any atom is 0.319 e. The van der Waals surface area contributed by atoms with Crippen molar-refractivity contribution in [3.05, 3.63) is 35.7 Å². The van der Waals surface area contributed by atoms with E-state index in [4.69, 9.17) is 9.47 Å². The van der Waals surface area contributed by atoms with Gasteiger partial charge in [0.05, 0.1) is 11.7 Å². The highest BCUT2D eigenvalue weighted by atomic mass is 16.7. The van der Waals surface area contributed by atoms with Crippen LogP contribution in [0.25, 0.3) is 0 Å². The summed E-state index contributed by atoms with van der Waals surface area (Å²) in [5.41, 5.74) is 2.58. The van der Waals surface area contributed by atoms with Crippen LogP contribution in [0.3, 0.4) is 0 Å². The summed E-state index contributed by atoms with van der Waals surface area (Å²) in [6.45, 7) is 6.92. The molecule has 1 aromatic carbocycles. The average Bonchev–Trinajstić information content (AvgIpc) is 3.12. The van der Waals surface area contributed by atoms with Crippen molar-refractivity contribution >= 4 is 11.7 Å². The standard InChI is InChI=1S/C16H20N4O3/c1-4-20-8-13(11(3)19-20)10(2)17-16(21)18-12-5-6-14-15(7-12)23-9-22-14/h5-8,10H,4,9H2,1-3H3,(H2,17,18,21)/t10-/m0/s1. The molecule has 7 nitrogen and oxygen atoms in total. The Kier molecular flexibility index (Phi) is 4.10. The molecule has 2 amide bonds. The fourth-order valence-corrected chi connectivity index (χ4v) is 2.54. The van der Waals surface area contributed by atoms with Crippen LogP contribution in [-0.2, 0) is 6.54 Å². The predicted molar refractivity (Wildman–Crippen MR) is 85.8 cm³/mol. The molecule has 1 aliphatic rings. The molecule has 2 N–H and O–H groups in total. The van der Waals surface area contributed by atoms with Gasteiger partial charge in [-0.25, -0.2) is 4.79 Å². The lowest BCUT2D eigenvalue weighted by molar-refractivity contribution is 0.174. The number of aryl methyl sites for hydroxylation is 2. The van der Waals surface area contributed by atoms with Crippen LogP contribution in [-0.4, -0.2) is 22.6 Å². The molecule has 122 valence electrons. The van der Waals surface area contributed by atoms with E-state index in [-0.39, 0.29) is 18.9 Å². The number of carbonyl (C=O) groups is 1. The summed E-state index contributed by atoms with van der Waals surface area (Å²) >= 11 is 0. The van der Waals surface area contributed by atoms with E-state index in [2.05, 4.69) is 15.7 Å². The smallest absolute Gasteiger partial charge is 0.319 e. The number of fused-ring (bicyclic) bond motifs is 1. The minimum atomic E-state index is -0.278. The first kappa shape index (κ1) is 15.2. The van der Waals surface area contributed by atoms with E-state index in [0.717, 1.165) is 17.8 Å². The van der Waals surface area contributed by atoms with Gasteiger partial charge in [-0.1, -0.05) is 0 Å². The van der Waals surface area contributed by atoms with Gasteiger partial charge >= 0.3 is 6.03 Å². The van der Waals surface area contributed by atoms with Crippen LogP contribution < -0.4 is 20.1 Å². The molecule has 0 bridgehead atoms. The topological polar surface area (TPSA) is 77.4 Å². The number of anilines is 1. The predicted octanol–water partition coefficient (Wildman–Crippen LogP) is 2.82. The Balaban J connectivity index is 1.63. The molecule has 2 aromatic rings. The van der Waals surface area contributed by atoms with E-state index in [9.17, 15) is 4.79 Å². The zero-order valence-corrected chi connectivity index (χ0v) is 13.4. The largest absolute Gasteiger partial charge is 0.454 e. The van der Waals surface area contributed by atoms with Gasteiger partial charge in [-0.2, -0.15) is 5.10 Å². The fraction of sp³-hybridized carbons (Fsp3) is 0.375. The molecular formula is C16H20N4O3. The maximum atomic E-state index is 12.2. The van der Waals surface area contributed by atoms with Crippen molar-refractivity contribution in [2.45, 2.75) is 33.4 Å². The Bertz CT molecular complexity index is 726. The van der Waals surface area contributed by atoms with E-state index < -0.39 is 0 Å². The molecule has 0 saturated carbocycles. The highest BCUT2D eigenvalue weighted by Crippen LogP contribution is 2.34. The van der Waals surface area contributed by atoms with E-state index in [0.29, 0.717) is 17.2 Å². The lowest BCUT2D eigenvalue weighted by Crippen LogP contribution is -2.31. The van der Waals surface area contributed by atoms with Gasteiger partial charge in [0.1, 0.15) is 0 Å². The molecule has 1 aromatic heterocycles. The number of nitrogens with zero attached hydrogens (tertiary/aromatic N) is 2. The van der Waals surface area contributed by atoms with Crippen LogP contribution in [0.1, 0.15) is 31.1 Å². The third-order valence-corrected chi connectivity index (χ3v) is 3.75. The van der Waals surface area contributed by atoms with Crippen molar-refractivity contribution in [1.82, 2.24) is 15.1 Å². The molecule has 23 heavy (non-hydrogen) atoms. The Hall–Kier alpha value is -2.70. The van der Waals surface area contributed by atoms with Gasteiger partial charge in [-0.05, 0) is 32.9 Å². The highest BCUT2D eigenvalue weighted by molar-refractivity contribution is 5.90. The lowest BCUT2D eigenvalue weighted by atomic mass is 10.1. The van der Waals surface area contributed by atoms with E-state index >= 15 is 0 Å². The summed E-state index contributed by atoms with van der Waals surface area (Å²) in [5, 5.41) is 10.1. The summed E-state index contributed by atoms with van der Waals surface area (Å²) < 4.78 is 12.4. The molecule has 1 atom stereocenters. The van der Waals surface area contributed by atoms with Gasteiger partial charge in [0, 0.05) is 30.1 Å². The van der Waals surface area contributed by atoms with Gasteiger partial charge < -0.3 is 20.1 Å². The number of aromatic nitrogens is 2. The van der Waals surface area contributed by atoms with Crippen molar-refractivity contribution in [3.63, 3.8) is 0 Å². The monoisotopic (exact) mass is 316 g/mol. The number of carbonyl (C=O) groups excluding carboxylic acids is 1. The molecule has 3 rings (SSSR count). The van der Waals surface area contributed by atoms with E-state index in [1.54, 1.807) is 18.2 Å². The molecule has 0 fully saturated rings. The third kappa shape index (κ3) is 3.23. The fourth-order valence-electron chi connectivity index (χ4n) is 2.54. The molecule has 0 unspecified atom stereocenters. The van der Waals surface area contributed by atoms with Gasteiger partial charge in [0.2, 0.25) is 6.79 Å². The third-order valence-electron chi connectivity index (χ3n) is 3.75. The SMILES string of the molecule is CCn1cc([C@H](C)NC(=O)Nc2ccc3c(c2)OCO3)c(C)n1. The first-order valence-electron chi connectivity index (χ1n) is 7.58. The van der Waals surface area contributed by atoms with Crippen molar-refractivity contribution in [1.29, 1.82) is 0 Å². The minimum Gasteiger partial charge on any atom is -0.454 e. The van der Waals surface area contributed by atoms with Gasteiger partial charge in [0.15, 0.2) is 11.5 Å². The van der Waals surface area contributed by atoms with Crippen LogP contribution in [0.2, 0.25) is 0 Å². The number of ether oxygens (including phenoxy) is 2. The second-order valence-electron chi connectivity index (χ2n) is 5.41. The summed E-state index contributed by atoms with van der Waals surface area (Å²) in [7, 11) is 0. The number of benzene rings is 1. The Labute approximate surface area is 134 Å². The number of urea groups is 1. The molecule has 0 aliphatic carbocycles. The second kappa shape index (κ2) is 6.20. The summed E-state index contributed by atoms with van der Waals surface area (Å²) in [5.74, 6) is 1.32. The molecule has 0 radical (unpaired) electrons. The molecule has 0 spiro atoms. The quantitative estimate of drug-likeness (QED) is 0.909. The number of nitrogens with one attached hydrogen (secondary N) is 2. The zero-order chi connectivity index (χ0) is 16.4. The minimum absolute atomic E-state index is 0.135. The van der Waals surface area contributed by atoms with Crippen LogP contribution >= 0.6 is 0 Å². The van der Waals surface area contributed by atoms with E-state index in [1.165, 1.54) is 0 Å². The first-order valence-corrected chi connectivity index (χ1v) is 7.58. The normalized spacial score (nSPS) is 13.7. The number of hydrogen-bond donors (Lipinski definition) is 2. The van der Waals surface area contributed by atoms with Crippen LogP contribution in [0.15, 0.2) is 24.4 Å². The van der Waals surface area contributed by atoms with Crippen molar-refractivity contribution < 1.29 is 14.3 Å². The van der Waals surface area contributed by atoms with Gasteiger partial charge in [-0.15, -0.1) is 0 Å². The molecule has 7 heteroatoms. The van der Waals surface area contributed by atoms with Crippen LogP contribution in [0.4, 0.5) is 10.5 Å². The van der Waals surface area contributed by atoms with E-state index in [1.807, 2.05) is 31.6 Å². The highest BCUT2D eigenvalue weighted by Gasteiger charge is 2.17. The second-order valence-corrected chi connectivity index (χ2v) is 5.41. The molecular weight excluding hydrogens is 296 g/mol. The van der Waals surface area contributed by atoms with Crippen molar-refractivity contribution in [3.8, 4) is 11.5 Å². The van der Waals surface area contributed by atoms with Crippen LogP contribution in [0, 0.1) is 6.92 Å². The number of amides is 2. The lowest BCUT2D eigenvalue weighted by Gasteiger charge is -2.14. The summed E-state index contributed by atoms with van der Waals surface area (Å²) in [6, 6.07) is 4.88. The summed E-state index contributed by atoms with van der Waals surface area (Å²) in [6.07, 6.45) is 1.96. The molecule has 1 aliphatic heterocycles. The average molecular weight is 316 g/mol. The molecule has 0 saturated heterocycles. The summed E-state index contributed by atoms with van der Waals surface area (Å²) in [4.78, 5) is 12.2. The Morgan fingerprint density at radius 3 is 2.91 bits per heavy atom. The van der Waals surface area contributed by atoms with Crippen molar-refractivity contribution in [2.75, 3.05) is 12.1 Å². The maximum absolute atomic E-state index is 12.2. The first-order chi connectivity index (χ1) is 11.1. The Morgan fingerprint density at radius 2 is 2.17 bits per heavy atom. The van der Waals surface area contributed by atoms with Gasteiger partial charge in [-0.3, -0.25) is 4.68 Å². The number of hydrogen-bond acceptors (Lipinski definition) is 4. The number of rotatable bonds is 4. The van der Waals surface area contributed by atoms with Gasteiger partial charge in [0.25, 0.3) is 0 Å².